The van der Waals surface area contributed by atoms with Gasteiger partial charge in [-0.15, -0.1) is 0 Å². The third kappa shape index (κ3) is 2.24. The SMILES string of the molecule is NC1CCCC1OC1CCCc2ccccc21. The maximum absolute atomic E-state index is 6.27. The molecule has 3 rings (SSSR count). The van der Waals surface area contributed by atoms with Crippen molar-refractivity contribution < 1.29 is 4.74 Å². The minimum Gasteiger partial charge on any atom is -0.369 e. The topological polar surface area (TPSA) is 35.2 Å². The first-order valence-electron chi connectivity index (χ1n) is 6.83. The van der Waals surface area contributed by atoms with Gasteiger partial charge in [-0.05, 0) is 49.7 Å². The molecule has 0 spiro atoms. The van der Waals surface area contributed by atoms with Crippen molar-refractivity contribution in [3.05, 3.63) is 35.4 Å². The number of fused-ring (bicyclic) bond motifs is 1. The fourth-order valence-electron chi connectivity index (χ4n) is 3.19. The quantitative estimate of drug-likeness (QED) is 0.849. The van der Waals surface area contributed by atoms with Crippen molar-refractivity contribution in [3.63, 3.8) is 0 Å². The van der Waals surface area contributed by atoms with Crippen LogP contribution in [0.1, 0.15) is 49.3 Å². The highest BCUT2D eigenvalue weighted by Gasteiger charge is 2.29. The van der Waals surface area contributed by atoms with Crippen LogP contribution in [0.25, 0.3) is 0 Å². The molecule has 2 aliphatic carbocycles. The van der Waals surface area contributed by atoms with Crippen LogP contribution in [-0.2, 0) is 11.2 Å². The molecule has 2 aliphatic rings. The number of ether oxygens (including phenoxy) is 1. The van der Waals surface area contributed by atoms with Gasteiger partial charge in [-0.1, -0.05) is 24.3 Å². The van der Waals surface area contributed by atoms with Gasteiger partial charge in [0.15, 0.2) is 0 Å². The highest BCUT2D eigenvalue weighted by Crippen LogP contribution is 2.35. The van der Waals surface area contributed by atoms with Gasteiger partial charge in [0.25, 0.3) is 0 Å². The number of benzene rings is 1. The second-order valence-electron chi connectivity index (χ2n) is 5.35. The molecule has 0 bridgehead atoms. The van der Waals surface area contributed by atoms with E-state index in [9.17, 15) is 0 Å². The van der Waals surface area contributed by atoms with Crippen molar-refractivity contribution in [2.45, 2.75) is 56.8 Å². The Bertz CT molecular complexity index is 390. The Balaban J connectivity index is 1.76. The van der Waals surface area contributed by atoms with Crippen molar-refractivity contribution in [3.8, 4) is 0 Å². The molecule has 17 heavy (non-hydrogen) atoms. The lowest BCUT2D eigenvalue weighted by Crippen LogP contribution is -2.33. The zero-order chi connectivity index (χ0) is 11.7. The molecule has 1 saturated carbocycles. The van der Waals surface area contributed by atoms with Crippen molar-refractivity contribution in [2.75, 3.05) is 0 Å². The molecular formula is C15H21NO. The Kier molecular flexibility index (Phi) is 3.17. The molecule has 3 unspecified atom stereocenters. The molecule has 3 atom stereocenters. The summed E-state index contributed by atoms with van der Waals surface area (Å²) in [6, 6.07) is 8.96. The first-order valence-corrected chi connectivity index (χ1v) is 6.83. The van der Waals surface area contributed by atoms with Gasteiger partial charge in [-0.3, -0.25) is 0 Å². The summed E-state index contributed by atoms with van der Waals surface area (Å²) in [7, 11) is 0. The molecule has 1 fully saturated rings. The lowest BCUT2D eigenvalue weighted by Gasteiger charge is -2.29. The number of rotatable bonds is 2. The zero-order valence-corrected chi connectivity index (χ0v) is 10.3. The lowest BCUT2D eigenvalue weighted by atomic mass is 9.89. The van der Waals surface area contributed by atoms with Gasteiger partial charge in [0.2, 0.25) is 0 Å². The van der Waals surface area contributed by atoms with Crippen molar-refractivity contribution in [2.24, 2.45) is 5.73 Å². The number of hydrogen-bond acceptors (Lipinski definition) is 2. The zero-order valence-electron chi connectivity index (χ0n) is 10.3. The Morgan fingerprint density at radius 1 is 1.06 bits per heavy atom. The molecule has 92 valence electrons. The summed E-state index contributed by atoms with van der Waals surface area (Å²) in [5.41, 5.74) is 8.96. The fourth-order valence-corrected chi connectivity index (χ4v) is 3.19. The number of nitrogens with two attached hydrogens (primary N) is 1. The Hall–Kier alpha value is -0.860. The van der Waals surface area contributed by atoms with Gasteiger partial charge in [0.1, 0.15) is 0 Å². The summed E-state index contributed by atoms with van der Waals surface area (Å²) in [4.78, 5) is 0. The van der Waals surface area contributed by atoms with Gasteiger partial charge in [-0.2, -0.15) is 0 Å². The first kappa shape index (κ1) is 11.2. The summed E-state index contributed by atoms with van der Waals surface area (Å²) in [5, 5.41) is 0. The van der Waals surface area contributed by atoms with Gasteiger partial charge in [0.05, 0.1) is 12.2 Å². The number of hydrogen-bond donors (Lipinski definition) is 1. The van der Waals surface area contributed by atoms with Crippen LogP contribution in [0.5, 0.6) is 0 Å². The summed E-state index contributed by atoms with van der Waals surface area (Å²) in [5.74, 6) is 0. The summed E-state index contributed by atoms with van der Waals surface area (Å²) >= 11 is 0. The average molecular weight is 231 g/mol. The molecule has 2 nitrogen and oxygen atoms in total. The predicted octanol–water partition coefficient (Wildman–Crippen LogP) is 2.96. The van der Waals surface area contributed by atoms with Gasteiger partial charge in [0, 0.05) is 6.04 Å². The van der Waals surface area contributed by atoms with Gasteiger partial charge < -0.3 is 10.5 Å². The number of aryl methyl sites for hydroxylation is 1. The maximum Gasteiger partial charge on any atom is 0.0832 e. The summed E-state index contributed by atoms with van der Waals surface area (Å²) in [6.07, 6.45) is 7.65. The first-order chi connectivity index (χ1) is 8.34. The molecule has 0 saturated heterocycles. The van der Waals surface area contributed by atoms with E-state index >= 15 is 0 Å². The van der Waals surface area contributed by atoms with E-state index < -0.39 is 0 Å². The molecule has 1 aromatic carbocycles. The van der Waals surface area contributed by atoms with E-state index in [2.05, 4.69) is 24.3 Å². The monoisotopic (exact) mass is 231 g/mol. The molecule has 2 N–H and O–H groups in total. The van der Waals surface area contributed by atoms with Crippen LogP contribution in [0, 0.1) is 0 Å². The van der Waals surface area contributed by atoms with E-state index in [0.717, 1.165) is 19.3 Å². The van der Waals surface area contributed by atoms with Crippen molar-refractivity contribution in [1.82, 2.24) is 0 Å². The Morgan fingerprint density at radius 3 is 2.76 bits per heavy atom. The smallest absolute Gasteiger partial charge is 0.0832 e. The van der Waals surface area contributed by atoms with Crippen LogP contribution in [0.3, 0.4) is 0 Å². The Labute approximate surface area is 103 Å². The summed E-state index contributed by atoms with van der Waals surface area (Å²) < 4.78 is 6.27. The van der Waals surface area contributed by atoms with E-state index in [1.807, 2.05) is 0 Å². The van der Waals surface area contributed by atoms with Crippen LogP contribution >= 0.6 is 0 Å². The maximum atomic E-state index is 6.27. The van der Waals surface area contributed by atoms with Crippen LogP contribution in [0.15, 0.2) is 24.3 Å². The van der Waals surface area contributed by atoms with Crippen LogP contribution in [0.4, 0.5) is 0 Å². The largest absolute Gasteiger partial charge is 0.369 e. The second kappa shape index (κ2) is 4.79. The second-order valence-corrected chi connectivity index (χ2v) is 5.35. The van der Waals surface area contributed by atoms with Gasteiger partial charge in [-0.25, -0.2) is 0 Å². The van der Waals surface area contributed by atoms with Crippen molar-refractivity contribution >= 4 is 0 Å². The standard InChI is InChI=1S/C15H21NO/c16-13-8-4-10-15(13)17-14-9-3-6-11-5-1-2-7-12(11)14/h1-2,5,7,13-15H,3-4,6,8-10,16H2. The minimum atomic E-state index is 0.254. The highest BCUT2D eigenvalue weighted by atomic mass is 16.5. The molecule has 0 amide bonds. The van der Waals surface area contributed by atoms with Crippen LogP contribution in [-0.4, -0.2) is 12.1 Å². The lowest BCUT2D eigenvalue weighted by molar-refractivity contribution is -0.0254. The van der Waals surface area contributed by atoms with E-state index in [1.54, 1.807) is 0 Å². The predicted molar refractivity (Wildman–Crippen MR) is 68.8 cm³/mol. The summed E-state index contributed by atoms with van der Waals surface area (Å²) in [6.45, 7) is 0. The molecule has 0 heterocycles. The molecule has 0 radical (unpaired) electrons. The minimum absolute atomic E-state index is 0.254. The van der Waals surface area contributed by atoms with E-state index in [4.69, 9.17) is 10.5 Å². The third-order valence-electron chi connectivity index (χ3n) is 4.16. The normalized spacial score (nSPS) is 32.4. The highest BCUT2D eigenvalue weighted by molar-refractivity contribution is 5.31. The third-order valence-corrected chi connectivity index (χ3v) is 4.16. The van der Waals surface area contributed by atoms with E-state index in [1.165, 1.54) is 30.4 Å². The molecule has 0 aromatic heterocycles. The molecule has 1 aromatic rings. The van der Waals surface area contributed by atoms with Crippen LogP contribution in [0.2, 0.25) is 0 Å². The Morgan fingerprint density at radius 2 is 1.94 bits per heavy atom. The van der Waals surface area contributed by atoms with E-state index in [-0.39, 0.29) is 18.2 Å². The molecule has 0 aliphatic heterocycles. The van der Waals surface area contributed by atoms with Crippen LogP contribution < -0.4 is 5.73 Å². The van der Waals surface area contributed by atoms with Gasteiger partial charge >= 0.3 is 0 Å². The molecular weight excluding hydrogens is 210 g/mol. The van der Waals surface area contributed by atoms with E-state index in [0.29, 0.717) is 0 Å². The average Bonchev–Trinajstić information content (AvgIpc) is 2.76. The van der Waals surface area contributed by atoms with Crippen molar-refractivity contribution in [1.29, 1.82) is 0 Å². The molecule has 2 heteroatoms. The fraction of sp³-hybridized carbons (Fsp3) is 0.600.